The summed E-state index contributed by atoms with van der Waals surface area (Å²) in [6, 6.07) is 9.14. The van der Waals surface area contributed by atoms with E-state index in [1.54, 1.807) is 12.1 Å². The molecule has 0 aliphatic heterocycles. The number of oxime groups is 1. The molecule has 1 aromatic heterocycles. The predicted octanol–water partition coefficient (Wildman–Crippen LogP) is 3.80. The lowest BCUT2D eigenvalue weighted by Crippen LogP contribution is -2.25. The van der Waals surface area contributed by atoms with Crippen LogP contribution in [0.2, 0.25) is 15.1 Å². The Morgan fingerprint density at radius 2 is 1.80 bits per heavy atom. The van der Waals surface area contributed by atoms with Crippen molar-refractivity contribution in [3.8, 4) is 0 Å². The molecule has 0 bridgehead atoms. The first-order valence-corrected chi connectivity index (χ1v) is 8.09. The normalized spacial score (nSPS) is 13.2. The fourth-order valence-electron chi connectivity index (χ4n) is 2.33. The van der Waals surface area contributed by atoms with Crippen molar-refractivity contribution in [1.82, 2.24) is 9.97 Å². The van der Waals surface area contributed by atoms with Crippen LogP contribution < -0.4 is 5.56 Å². The van der Waals surface area contributed by atoms with Crippen LogP contribution in [0.15, 0.2) is 46.3 Å². The molecule has 2 aromatic carbocycles. The molecular weight excluding hydrogens is 389 g/mol. The van der Waals surface area contributed by atoms with Crippen LogP contribution in [0.3, 0.4) is 0 Å². The highest BCUT2D eigenvalue weighted by Crippen LogP contribution is 2.28. The second kappa shape index (κ2) is 7.01. The summed E-state index contributed by atoms with van der Waals surface area (Å²) in [5.74, 6) is 0. The van der Waals surface area contributed by atoms with E-state index in [0.717, 1.165) is 0 Å². The van der Waals surface area contributed by atoms with Gasteiger partial charge in [0, 0.05) is 20.6 Å². The summed E-state index contributed by atoms with van der Waals surface area (Å²) in [4.78, 5) is 19.0. The van der Waals surface area contributed by atoms with E-state index in [2.05, 4.69) is 15.1 Å². The lowest BCUT2D eigenvalue weighted by atomic mass is 10.0. The third kappa shape index (κ3) is 3.48. The zero-order valence-corrected chi connectivity index (χ0v) is 14.6. The summed E-state index contributed by atoms with van der Waals surface area (Å²) < 4.78 is 0. The van der Waals surface area contributed by atoms with Gasteiger partial charge in [0.1, 0.15) is 11.8 Å². The Hall–Kier alpha value is -2.12. The van der Waals surface area contributed by atoms with Crippen molar-refractivity contribution in [3.63, 3.8) is 0 Å². The number of aliphatic hydroxyl groups excluding tert-OH is 1. The summed E-state index contributed by atoms with van der Waals surface area (Å²) in [7, 11) is 0. The molecule has 3 N–H and O–H groups in total. The fraction of sp³-hybridized carbons (Fsp3) is 0.0625. The second-order valence-corrected chi connectivity index (χ2v) is 6.41. The van der Waals surface area contributed by atoms with Gasteiger partial charge in [0.2, 0.25) is 0 Å². The average molecular weight is 399 g/mol. The van der Waals surface area contributed by atoms with Crippen LogP contribution in [0.1, 0.15) is 17.4 Å². The molecular formula is C16H10Cl3N3O3. The summed E-state index contributed by atoms with van der Waals surface area (Å²) in [6.07, 6.45) is -1.48. The van der Waals surface area contributed by atoms with Crippen LogP contribution in [0, 0.1) is 0 Å². The van der Waals surface area contributed by atoms with Crippen LogP contribution in [0.5, 0.6) is 0 Å². The van der Waals surface area contributed by atoms with Gasteiger partial charge in [-0.05, 0) is 30.3 Å². The summed E-state index contributed by atoms with van der Waals surface area (Å²) >= 11 is 17.8. The smallest absolute Gasteiger partial charge is 0.276 e. The Balaban J connectivity index is 2.12. The monoisotopic (exact) mass is 397 g/mol. The SMILES string of the molecule is O=c1[nH]c2cc(Cl)ccc2nc1/C(=N\O)[C@H](O)c1ccc(Cl)cc1Cl. The van der Waals surface area contributed by atoms with Gasteiger partial charge in [-0.2, -0.15) is 0 Å². The zero-order chi connectivity index (χ0) is 18.1. The van der Waals surface area contributed by atoms with Gasteiger partial charge < -0.3 is 15.3 Å². The van der Waals surface area contributed by atoms with Gasteiger partial charge >= 0.3 is 0 Å². The Morgan fingerprint density at radius 1 is 1.12 bits per heavy atom. The molecule has 6 nitrogen and oxygen atoms in total. The first-order valence-electron chi connectivity index (χ1n) is 6.95. The van der Waals surface area contributed by atoms with Crippen molar-refractivity contribution in [1.29, 1.82) is 0 Å². The van der Waals surface area contributed by atoms with Gasteiger partial charge in [-0.25, -0.2) is 4.98 Å². The highest BCUT2D eigenvalue weighted by Gasteiger charge is 2.24. The van der Waals surface area contributed by atoms with E-state index < -0.39 is 11.7 Å². The van der Waals surface area contributed by atoms with Gasteiger partial charge in [-0.3, -0.25) is 4.79 Å². The third-order valence-corrected chi connectivity index (χ3v) is 4.32. The quantitative estimate of drug-likeness (QED) is 0.355. The molecule has 0 radical (unpaired) electrons. The lowest BCUT2D eigenvalue weighted by molar-refractivity contribution is 0.235. The van der Waals surface area contributed by atoms with Crippen LogP contribution in [0.4, 0.5) is 0 Å². The first kappa shape index (κ1) is 17.7. The van der Waals surface area contributed by atoms with E-state index in [4.69, 9.17) is 34.8 Å². The van der Waals surface area contributed by atoms with Crippen molar-refractivity contribution in [2.75, 3.05) is 0 Å². The van der Waals surface area contributed by atoms with E-state index in [1.807, 2.05) is 0 Å². The van der Waals surface area contributed by atoms with Gasteiger partial charge in [0.25, 0.3) is 5.56 Å². The van der Waals surface area contributed by atoms with Gasteiger partial charge in [0.05, 0.1) is 11.0 Å². The largest absolute Gasteiger partial charge is 0.410 e. The van der Waals surface area contributed by atoms with E-state index in [9.17, 15) is 15.1 Å². The van der Waals surface area contributed by atoms with Gasteiger partial charge in [0.15, 0.2) is 5.69 Å². The molecule has 0 spiro atoms. The number of hydrogen-bond donors (Lipinski definition) is 3. The van der Waals surface area contributed by atoms with E-state index >= 15 is 0 Å². The number of benzene rings is 2. The topological polar surface area (TPSA) is 98.6 Å². The zero-order valence-electron chi connectivity index (χ0n) is 12.4. The van der Waals surface area contributed by atoms with E-state index in [-0.39, 0.29) is 22.0 Å². The van der Waals surface area contributed by atoms with Gasteiger partial charge in [-0.1, -0.05) is 46.0 Å². The van der Waals surface area contributed by atoms with E-state index in [0.29, 0.717) is 21.1 Å². The number of aromatic amines is 1. The number of H-pyrrole nitrogens is 1. The van der Waals surface area contributed by atoms with Crippen LogP contribution in [-0.4, -0.2) is 26.0 Å². The number of hydrogen-bond acceptors (Lipinski definition) is 5. The third-order valence-electron chi connectivity index (χ3n) is 3.52. The molecule has 0 aliphatic carbocycles. The van der Waals surface area contributed by atoms with Crippen LogP contribution >= 0.6 is 34.8 Å². The molecule has 0 unspecified atom stereocenters. The molecule has 0 saturated carbocycles. The molecule has 0 aliphatic rings. The minimum Gasteiger partial charge on any atom is -0.410 e. The number of halogens is 3. The van der Waals surface area contributed by atoms with Crippen LogP contribution in [-0.2, 0) is 0 Å². The number of aromatic nitrogens is 2. The van der Waals surface area contributed by atoms with Crippen molar-refractivity contribution < 1.29 is 10.3 Å². The predicted molar refractivity (Wildman–Crippen MR) is 97.1 cm³/mol. The maximum atomic E-state index is 12.3. The number of nitrogens with one attached hydrogen (secondary N) is 1. The van der Waals surface area contributed by atoms with Crippen molar-refractivity contribution in [2.45, 2.75) is 6.10 Å². The molecule has 128 valence electrons. The molecule has 0 fully saturated rings. The molecule has 3 aromatic rings. The van der Waals surface area contributed by atoms with Crippen molar-refractivity contribution in [3.05, 3.63) is 73.1 Å². The second-order valence-electron chi connectivity index (χ2n) is 5.13. The molecule has 3 rings (SSSR count). The molecule has 1 heterocycles. The van der Waals surface area contributed by atoms with Gasteiger partial charge in [-0.15, -0.1) is 0 Å². The Bertz CT molecular complexity index is 1050. The lowest BCUT2D eigenvalue weighted by Gasteiger charge is -2.14. The Labute approximate surface area is 156 Å². The maximum Gasteiger partial charge on any atom is 0.276 e. The van der Waals surface area contributed by atoms with Crippen molar-refractivity contribution in [2.24, 2.45) is 5.16 Å². The Morgan fingerprint density at radius 3 is 2.48 bits per heavy atom. The maximum absolute atomic E-state index is 12.3. The van der Waals surface area contributed by atoms with Crippen molar-refractivity contribution >= 4 is 51.5 Å². The van der Waals surface area contributed by atoms with Crippen LogP contribution in [0.25, 0.3) is 11.0 Å². The average Bonchev–Trinajstić information content (AvgIpc) is 2.56. The minimum absolute atomic E-state index is 0.158. The molecule has 0 saturated heterocycles. The highest BCUT2D eigenvalue weighted by atomic mass is 35.5. The summed E-state index contributed by atoms with van der Waals surface area (Å²) in [6.45, 7) is 0. The summed E-state index contributed by atoms with van der Waals surface area (Å²) in [5.41, 5.74) is -0.187. The standard InChI is InChI=1S/C16H10Cl3N3O3/c17-7-1-3-9(10(19)5-7)15(23)13(22-25)14-16(24)21-12-6-8(18)2-4-11(12)20-14/h1-6,15,23,25H,(H,21,24)/b22-13+/t15-/m1/s1. The highest BCUT2D eigenvalue weighted by molar-refractivity contribution is 6.35. The summed E-state index contributed by atoms with van der Waals surface area (Å²) in [5, 5.41) is 23.9. The molecule has 25 heavy (non-hydrogen) atoms. The molecule has 9 heteroatoms. The number of rotatable bonds is 3. The van der Waals surface area contributed by atoms with E-state index in [1.165, 1.54) is 24.3 Å². The molecule has 1 atom stereocenters. The molecule has 0 amide bonds. The minimum atomic E-state index is -1.48. The Kier molecular flexibility index (Phi) is 4.96. The fourth-order valence-corrected chi connectivity index (χ4v) is 3.02. The number of aliphatic hydroxyl groups is 1. The number of nitrogens with zero attached hydrogens (tertiary/aromatic N) is 2. The number of fused-ring (bicyclic) bond motifs is 1. The first-order chi connectivity index (χ1) is 11.9.